The molecule has 0 unspecified atom stereocenters. The summed E-state index contributed by atoms with van der Waals surface area (Å²) < 4.78 is 1.44. The summed E-state index contributed by atoms with van der Waals surface area (Å²) in [6, 6.07) is 7.56. The molecule has 1 aromatic heterocycles. The lowest BCUT2D eigenvalue weighted by atomic mass is 10.0. The number of benzene rings is 1. The number of anilines is 1. The Morgan fingerprint density at radius 2 is 1.77 bits per heavy atom. The zero-order valence-corrected chi connectivity index (χ0v) is 13.4. The number of rotatable bonds is 5. The molecule has 1 amide bonds. The Labute approximate surface area is 130 Å². The molecule has 2 rings (SSSR count). The van der Waals surface area contributed by atoms with Crippen molar-refractivity contribution in [2.75, 3.05) is 5.32 Å². The van der Waals surface area contributed by atoms with Crippen molar-refractivity contribution in [2.45, 2.75) is 33.6 Å². The highest BCUT2D eigenvalue weighted by atomic mass is 16.2. The molecule has 0 atom stereocenters. The minimum atomic E-state index is -0.252. The number of carbonyl (C=O) groups excluding carboxylic acids is 2. The first-order chi connectivity index (χ1) is 10.5. The number of para-hydroxylation sites is 1. The first-order valence-electron chi connectivity index (χ1n) is 7.45. The summed E-state index contributed by atoms with van der Waals surface area (Å²) in [5, 5.41) is 7.04. The van der Waals surface area contributed by atoms with Gasteiger partial charge in [0, 0.05) is 25.7 Å². The summed E-state index contributed by atoms with van der Waals surface area (Å²) >= 11 is 0. The molecule has 1 N–H and O–H groups in total. The SMILES string of the molecule is CCc1cccc(CC)c1NC(=O)c1cc(C(C)=O)nn1C. The molecule has 0 aliphatic heterocycles. The zero-order chi connectivity index (χ0) is 16.3. The summed E-state index contributed by atoms with van der Waals surface area (Å²) in [4.78, 5) is 23.9. The van der Waals surface area contributed by atoms with Crippen LogP contribution in [0.2, 0.25) is 0 Å². The number of Topliss-reactive ketones (excluding diaryl/α,β-unsaturated/α-hetero) is 1. The van der Waals surface area contributed by atoms with Crippen LogP contribution in [0.4, 0.5) is 5.69 Å². The van der Waals surface area contributed by atoms with E-state index in [4.69, 9.17) is 0 Å². The van der Waals surface area contributed by atoms with Gasteiger partial charge in [-0.05, 0) is 24.0 Å². The first-order valence-corrected chi connectivity index (χ1v) is 7.45. The van der Waals surface area contributed by atoms with Gasteiger partial charge in [0.1, 0.15) is 11.4 Å². The van der Waals surface area contributed by atoms with E-state index < -0.39 is 0 Å². The van der Waals surface area contributed by atoms with E-state index in [0.717, 1.165) is 29.7 Å². The largest absolute Gasteiger partial charge is 0.320 e. The van der Waals surface area contributed by atoms with Crippen LogP contribution < -0.4 is 5.32 Å². The Balaban J connectivity index is 2.35. The van der Waals surface area contributed by atoms with E-state index in [1.54, 1.807) is 7.05 Å². The molecule has 0 saturated heterocycles. The van der Waals surface area contributed by atoms with Crippen molar-refractivity contribution < 1.29 is 9.59 Å². The lowest BCUT2D eigenvalue weighted by molar-refractivity contribution is 0.100. The molecule has 0 saturated carbocycles. The molecule has 0 fully saturated rings. The third kappa shape index (κ3) is 3.08. The number of hydrogen-bond acceptors (Lipinski definition) is 3. The molecule has 0 bridgehead atoms. The highest BCUT2D eigenvalue weighted by Crippen LogP contribution is 2.23. The molecular formula is C17H21N3O2. The van der Waals surface area contributed by atoms with Crippen LogP contribution in [0.25, 0.3) is 0 Å². The van der Waals surface area contributed by atoms with Crippen LogP contribution >= 0.6 is 0 Å². The highest BCUT2D eigenvalue weighted by molar-refractivity contribution is 6.05. The third-order valence-corrected chi connectivity index (χ3v) is 3.71. The summed E-state index contributed by atoms with van der Waals surface area (Å²) in [6.45, 7) is 5.55. The maximum atomic E-state index is 12.5. The molecule has 1 heterocycles. The number of amides is 1. The normalized spacial score (nSPS) is 10.5. The molecular weight excluding hydrogens is 278 g/mol. The van der Waals surface area contributed by atoms with E-state index >= 15 is 0 Å². The Hall–Kier alpha value is -2.43. The van der Waals surface area contributed by atoms with Gasteiger partial charge in [-0.2, -0.15) is 5.10 Å². The monoisotopic (exact) mass is 299 g/mol. The van der Waals surface area contributed by atoms with E-state index in [9.17, 15) is 9.59 Å². The molecule has 2 aromatic rings. The second kappa shape index (κ2) is 6.56. The number of hydrogen-bond donors (Lipinski definition) is 1. The van der Waals surface area contributed by atoms with Gasteiger partial charge in [0.05, 0.1) is 0 Å². The van der Waals surface area contributed by atoms with E-state index in [0.29, 0.717) is 11.4 Å². The summed E-state index contributed by atoms with van der Waals surface area (Å²) in [5.41, 5.74) is 3.73. The van der Waals surface area contributed by atoms with Crippen molar-refractivity contribution in [3.05, 3.63) is 46.8 Å². The van der Waals surface area contributed by atoms with Gasteiger partial charge in [0.25, 0.3) is 5.91 Å². The molecule has 5 heteroatoms. The predicted octanol–water partition coefficient (Wildman–Crippen LogP) is 3.00. The van der Waals surface area contributed by atoms with E-state index in [-0.39, 0.29) is 11.7 Å². The molecule has 0 aliphatic carbocycles. The van der Waals surface area contributed by atoms with Crippen molar-refractivity contribution >= 4 is 17.4 Å². The Morgan fingerprint density at radius 1 is 1.18 bits per heavy atom. The van der Waals surface area contributed by atoms with E-state index in [1.807, 2.05) is 18.2 Å². The summed E-state index contributed by atoms with van der Waals surface area (Å²) in [5.74, 6) is -0.407. The van der Waals surface area contributed by atoms with Gasteiger partial charge in [-0.3, -0.25) is 14.3 Å². The standard InChI is InChI=1S/C17H21N3O2/c1-5-12-8-7-9-13(6-2)16(12)18-17(22)15-10-14(11(3)21)19-20(15)4/h7-10H,5-6H2,1-4H3,(H,18,22). The molecule has 0 radical (unpaired) electrons. The van der Waals surface area contributed by atoms with Crippen LogP contribution in [0.15, 0.2) is 24.3 Å². The summed E-state index contributed by atoms with van der Waals surface area (Å²) in [7, 11) is 1.66. The van der Waals surface area contributed by atoms with Gasteiger partial charge in [-0.1, -0.05) is 32.0 Å². The topological polar surface area (TPSA) is 64.0 Å². The van der Waals surface area contributed by atoms with Gasteiger partial charge in [0.15, 0.2) is 5.78 Å². The van der Waals surface area contributed by atoms with Crippen molar-refractivity contribution in [1.29, 1.82) is 0 Å². The minimum Gasteiger partial charge on any atom is -0.320 e. The molecule has 116 valence electrons. The minimum absolute atomic E-state index is 0.155. The van der Waals surface area contributed by atoms with Crippen LogP contribution in [0.5, 0.6) is 0 Å². The van der Waals surface area contributed by atoms with Crippen LogP contribution in [0.3, 0.4) is 0 Å². The van der Waals surface area contributed by atoms with Gasteiger partial charge in [-0.25, -0.2) is 0 Å². The summed E-state index contributed by atoms with van der Waals surface area (Å²) in [6.07, 6.45) is 1.68. The smallest absolute Gasteiger partial charge is 0.273 e. The Bertz CT molecular complexity index is 694. The van der Waals surface area contributed by atoms with Crippen molar-refractivity contribution in [1.82, 2.24) is 9.78 Å². The van der Waals surface area contributed by atoms with Crippen molar-refractivity contribution in [3.8, 4) is 0 Å². The average Bonchev–Trinajstić information content (AvgIpc) is 2.89. The highest BCUT2D eigenvalue weighted by Gasteiger charge is 2.17. The maximum Gasteiger partial charge on any atom is 0.273 e. The fourth-order valence-corrected chi connectivity index (χ4v) is 2.43. The van der Waals surface area contributed by atoms with Crippen molar-refractivity contribution in [3.63, 3.8) is 0 Å². The zero-order valence-electron chi connectivity index (χ0n) is 13.4. The van der Waals surface area contributed by atoms with Crippen LogP contribution in [-0.2, 0) is 19.9 Å². The molecule has 22 heavy (non-hydrogen) atoms. The second-order valence-corrected chi connectivity index (χ2v) is 5.21. The Kier molecular flexibility index (Phi) is 4.75. The van der Waals surface area contributed by atoms with Gasteiger partial charge in [0.2, 0.25) is 0 Å². The van der Waals surface area contributed by atoms with Gasteiger partial charge in [-0.15, -0.1) is 0 Å². The van der Waals surface area contributed by atoms with Crippen LogP contribution in [0, 0.1) is 0 Å². The first kappa shape index (κ1) is 15.9. The number of carbonyl (C=O) groups is 2. The third-order valence-electron chi connectivity index (χ3n) is 3.71. The number of aromatic nitrogens is 2. The molecule has 5 nitrogen and oxygen atoms in total. The quantitative estimate of drug-likeness (QED) is 0.863. The molecule has 1 aromatic carbocycles. The fourth-order valence-electron chi connectivity index (χ4n) is 2.43. The van der Waals surface area contributed by atoms with E-state index in [1.165, 1.54) is 17.7 Å². The van der Waals surface area contributed by atoms with Crippen LogP contribution in [-0.4, -0.2) is 21.5 Å². The number of aryl methyl sites for hydroxylation is 3. The van der Waals surface area contributed by atoms with Gasteiger partial charge >= 0.3 is 0 Å². The van der Waals surface area contributed by atoms with Crippen molar-refractivity contribution in [2.24, 2.45) is 7.05 Å². The van der Waals surface area contributed by atoms with Crippen LogP contribution in [0.1, 0.15) is 52.9 Å². The number of nitrogens with one attached hydrogen (secondary N) is 1. The fraction of sp³-hybridized carbons (Fsp3) is 0.353. The Morgan fingerprint density at radius 3 is 2.23 bits per heavy atom. The lowest BCUT2D eigenvalue weighted by Crippen LogP contribution is -2.18. The number of ketones is 1. The molecule has 0 aliphatic rings. The van der Waals surface area contributed by atoms with E-state index in [2.05, 4.69) is 24.3 Å². The second-order valence-electron chi connectivity index (χ2n) is 5.21. The molecule has 0 spiro atoms. The number of nitrogens with zero attached hydrogens (tertiary/aromatic N) is 2. The lowest BCUT2D eigenvalue weighted by Gasteiger charge is -2.14. The predicted molar refractivity (Wildman–Crippen MR) is 86.4 cm³/mol. The maximum absolute atomic E-state index is 12.5. The van der Waals surface area contributed by atoms with Gasteiger partial charge < -0.3 is 5.32 Å². The average molecular weight is 299 g/mol.